The third-order valence-corrected chi connectivity index (χ3v) is 7.73. The number of rotatable bonds is 5. The molecule has 168 valence electrons. The van der Waals surface area contributed by atoms with Crippen LogP contribution in [0.3, 0.4) is 0 Å². The average Bonchev–Trinajstić information content (AvgIpc) is 3.08. The summed E-state index contributed by atoms with van der Waals surface area (Å²) in [5.74, 6) is -1.76. The Labute approximate surface area is 185 Å². The molecule has 4 rings (SSSR count). The molecule has 32 heavy (non-hydrogen) atoms. The highest BCUT2D eigenvalue weighted by Gasteiger charge is 2.44. The maximum Gasteiger partial charge on any atom is 0.251 e. The van der Waals surface area contributed by atoms with Crippen molar-refractivity contribution in [1.29, 1.82) is 0 Å². The van der Waals surface area contributed by atoms with E-state index in [0.29, 0.717) is 11.3 Å². The van der Waals surface area contributed by atoms with Crippen LogP contribution in [0.15, 0.2) is 53.4 Å². The minimum Gasteiger partial charge on any atom is -0.295 e. The number of benzene rings is 2. The van der Waals surface area contributed by atoms with Crippen molar-refractivity contribution in [3.63, 3.8) is 0 Å². The van der Waals surface area contributed by atoms with E-state index in [1.165, 1.54) is 35.5 Å². The smallest absolute Gasteiger partial charge is 0.251 e. The number of imide groups is 1. The lowest BCUT2D eigenvalue weighted by atomic mass is 10.1. The van der Waals surface area contributed by atoms with E-state index in [-0.39, 0.29) is 49.2 Å². The van der Waals surface area contributed by atoms with E-state index in [1.807, 2.05) is 0 Å². The molecule has 2 aliphatic rings. The number of halogens is 1. The number of ketones is 1. The fraction of sp³-hybridized carbons (Fsp3) is 0.318. The van der Waals surface area contributed by atoms with Gasteiger partial charge in [-0.25, -0.2) is 17.7 Å². The van der Waals surface area contributed by atoms with Gasteiger partial charge >= 0.3 is 0 Å². The van der Waals surface area contributed by atoms with Gasteiger partial charge < -0.3 is 0 Å². The van der Waals surface area contributed by atoms with Crippen LogP contribution in [0.5, 0.6) is 0 Å². The second-order valence-electron chi connectivity index (χ2n) is 7.76. The average molecular weight is 459 g/mol. The van der Waals surface area contributed by atoms with Gasteiger partial charge in [0.25, 0.3) is 5.91 Å². The molecule has 10 heteroatoms. The Kier molecular flexibility index (Phi) is 5.93. The standard InChI is InChI=1S/C22H22FN3O5S/c1-15(27)16-5-4-6-17(13-16)26-21(28)14-19(22(26)29)24-9-11-25(12-10-24)32(30,31)20-8-3-2-7-18(20)23/h2-8,13,19H,9-12,14H2,1H3/t19-/m0/s1. The number of Topliss-reactive ketones (excluding diaryl/α,β-unsaturated/α-hetero) is 1. The molecule has 2 aromatic rings. The number of hydrogen-bond acceptors (Lipinski definition) is 6. The molecule has 2 heterocycles. The molecule has 2 amide bonds. The summed E-state index contributed by atoms with van der Waals surface area (Å²) in [5.41, 5.74) is 0.745. The maximum absolute atomic E-state index is 14.0. The molecule has 0 unspecified atom stereocenters. The normalized spacial score (nSPS) is 20.7. The van der Waals surface area contributed by atoms with Gasteiger partial charge in [-0.3, -0.25) is 19.3 Å². The number of anilines is 1. The SMILES string of the molecule is CC(=O)c1cccc(N2C(=O)C[C@H](N3CCN(S(=O)(=O)c4ccccc4F)CC3)C2=O)c1. The van der Waals surface area contributed by atoms with Crippen molar-refractivity contribution in [2.75, 3.05) is 31.1 Å². The summed E-state index contributed by atoms with van der Waals surface area (Å²) in [7, 11) is -3.99. The summed E-state index contributed by atoms with van der Waals surface area (Å²) in [6, 6.07) is 10.9. The third-order valence-electron chi connectivity index (χ3n) is 5.80. The minimum absolute atomic E-state index is 0.0246. The Hall–Kier alpha value is -2.95. The Morgan fingerprint density at radius 1 is 1.00 bits per heavy atom. The first-order valence-electron chi connectivity index (χ1n) is 10.2. The molecule has 2 aliphatic heterocycles. The van der Waals surface area contributed by atoms with Crippen molar-refractivity contribution in [3.8, 4) is 0 Å². The van der Waals surface area contributed by atoms with E-state index < -0.39 is 27.8 Å². The molecule has 0 aromatic heterocycles. The van der Waals surface area contributed by atoms with Crippen LogP contribution >= 0.6 is 0 Å². The summed E-state index contributed by atoms with van der Waals surface area (Å²) in [4.78, 5) is 39.8. The van der Waals surface area contributed by atoms with Crippen LogP contribution in [-0.2, 0) is 19.6 Å². The second-order valence-corrected chi connectivity index (χ2v) is 9.67. The summed E-state index contributed by atoms with van der Waals surface area (Å²) >= 11 is 0. The quantitative estimate of drug-likeness (QED) is 0.499. The van der Waals surface area contributed by atoms with Crippen LogP contribution < -0.4 is 4.90 Å². The van der Waals surface area contributed by atoms with Crippen molar-refractivity contribution >= 4 is 33.3 Å². The zero-order chi connectivity index (χ0) is 23.0. The van der Waals surface area contributed by atoms with Crippen LogP contribution in [0.2, 0.25) is 0 Å². The summed E-state index contributed by atoms with van der Waals surface area (Å²) in [6.07, 6.45) is -0.0246. The van der Waals surface area contributed by atoms with Crippen molar-refractivity contribution in [2.24, 2.45) is 0 Å². The number of carbonyl (C=O) groups excluding carboxylic acids is 3. The Morgan fingerprint density at radius 2 is 1.69 bits per heavy atom. The van der Waals surface area contributed by atoms with Crippen molar-refractivity contribution in [2.45, 2.75) is 24.3 Å². The second kappa shape index (κ2) is 8.53. The Balaban J connectivity index is 1.47. The van der Waals surface area contributed by atoms with Crippen molar-refractivity contribution in [1.82, 2.24) is 9.21 Å². The molecule has 2 fully saturated rings. The molecule has 2 saturated heterocycles. The Morgan fingerprint density at radius 3 is 2.34 bits per heavy atom. The fourth-order valence-corrected chi connectivity index (χ4v) is 5.57. The van der Waals surface area contributed by atoms with E-state index in [9.17, 15) is 27.2 Å². The van der Waals surface area contributed by atoms with E-state index in [1.54, 1.807) is 23.1 Å². The zero-order valence-corrected chi connectivity index (χ0v) is 18.2. The monoisotopic (exact) mass is 459 g/mol. The van der Waals surface area contributed by atoms with Crippen LogP contribution in [-0.4, -0.2) is 67.4 Å². The molecule has 2 aromatic carbocycles. The van der Waals surface area contributed by atoms with Crippen LogP contribution in [0.4, 0.5) is 10.1 Å². The molecule has 0 bridgehead atoms. The van der Waals surface area contributed by atoms with Gasteiger partial charge in [0.15, 0.2) is 5.78 Å². The molecule has 0 radical (unpaired) electrons. The van der Waals surface area contributed by atoms with Gasteiger partial charge in [0.2, 0.25) is 15.9 Å². The van der Waals surface area contributed by atoms with E-state index in [2.05, 4.69) is 0 Å². The maximum atomic E-state index is 14.0. The van der Waals surface area contributed by atoms with Gasteiger partial charge in [0, 0.05) is 31.7 Å². The van der Waals surface area contributed by atoms with Crippen LogP contribution in [0.1, 0.15) is 23.7 Å². The lowest BCUT2D eigenvalue weighted by Crippen LogP contribution is -2.53. The van der Waals surface area contributed by atoms with Crippen molar-refractivity contribution < 1.29 is 27.2 Å². The predicted molar refractivity (Wildman–Crippen MR) is 114 cm³/mol. The lowest BCUT2D eigenvalue weighted by molar-refractivity contribution is -0.123. The van der Waals surface area contributed by atoms with Gasteiger partial charge in [0.05, 0.1) is 18.2 Å². The molecule has 0 aliphatic carbocycles. The van der Waals surface area contributed by atoms with Crippen molar-refractivity contribution in [3.05, 3.63) is 59.9 Å². The third kappa shape index (κ3) is 3.96. The van der Waals surface area contributed by atoms with E-state index in [0.717, 1.165) is 11.0 Å². The highest BCUT2D eigenvalue weighted by molar-refractivity contribution is 7.89. The predicted octanol–water partition coefficient (Wildman–Crippen LogP) is 1.67. The summed E-state index contributed by atoms with van der Waals surface area (Å²) < 4.78 is 40.8. The number of piperazine rings is 1. The first kappa shape index (κ1) is 22.3. The van der Waals surface area contributed by atoms with Gasteiger partial charge in [-0.05, 0) is 31.2 Å². The first-order chi connectivity index (χ1) is 15.2. The number of sulfonamides is 1. The number of hydrogen-bond donors (Lipinski definition) is 0. The summed E-state index contributed by atoms with van der Waals surface area (Å²) in [5, 5.41) is 0. The highest BCUT2D eigenvalue weighted by Crippen LogP contribution is 2.28. The molecule has 0 saturated carbocycles. The van der Waals surface area contributed by atoms with E-state index >= 15 is 0 Å². The number of amides is 2. The lowest BCUT2D eigenvalue weighted by Gasteiger charge is -2.36. The Bertz CT molecular complexity index is 1190. The van der Waals surface area contributed by atoms with Crippen LogP contribution in [0.25, 0.3) is 0 Å². The molecular weight excluding hydrogens is 437 g/mol. The zero-order valence-electron chi connectivity index (χ0n) is 17.4. The van der Waals surface area contributed by atoms with Gasteiger partial charge in [0.1, 0.15) is 10.7 Å². The highest BCUT2D eigenvalue weighted by atomic mass is 32.2. The van der Waals surface area contributed by atoms with Crippen LogP contribution in [0, 0.1) is 5.82 Å². The van der Waals surface area contributed by atoms with Gasteiger partial charge in [-0.1, -0.05) is 24.3 Å². The number of nitrogens with zero attached hydrogens (tertiary/aromatic N) is 3. The fourth-order valence-electron chi connectivity index (χ4n) is 4.09. The van der Waals surface area contributed by atoms with E-state index in [4.69, 9.17) is 0 Å². The topological polar surface area (TPSA) is 95.1 Å². The van der Waals surface area contributed by atoms with Gasteiger partial charge in [-0.15, -0.1) is 0 Å². The molecule has 0 N–H and O–H groups in total. The largest absolute Gasteiger partial charge is 0.295 e. The molecule has 8 nitrogen and oxygen atoms in total. The molecule has 1 atom stereocenters. The minimum atomic E-state index is -3.99. The summed E-state index contributed by atoms with van der Waals surface area (Å²) in [6.45, 7) is 2.03. The molecule has 0 spiro atoms. The first-order valence-corrected chi connectivity index (χ1v) is 11.6. The number of carbonyl (C=O) groups is 3. The molecular formula is C22H22FN3O5S. The van der Waals surface area contributed by atoms with Gasteiger partial charge in [-0.2, -0.15) is 4.31 Å².